The van der Waals surface area contributed by atoms with Crippen LogP contribution < -0.4 is 0 Å². The van der Waals surface area contributed by atoms with Gasteiger partial charge in [-0.2, -0.15) is 0 Å². The molecule has 1 unspecified atom stereocenters. The lowest BCUT2D eigenvalue weighted by atomic mass is 9.73. The molecule has 0 amide bonds. The molecule has 46 heavy (non-hydrogen) atoms. The quantitative estimate of drug-likeness (QED) is 0.182. The SMILES string of the molecule is C(#CC1(c2ccccc2)c2ccccc2-c2ccc(-n3c4ccccc4c4cc(-c5ccccc5)ccc43)cc21)c1ccccc1. The molecule has 8 aromatic rings. The average molecular weight is 584 g/mol. The molecule has 0 aliphatic heterocycles. The molecular weight excluding hydrogens is 555 g/mol. The van der Waals surface area contributed by atoms with Crippen molar-refractivity contribution in [2.45, 2.75) is 5.41 Å². The van der Waals surface area contributed by atoms with Crippen LogP contribution in [0.5, 0.6) is 0 Å². The lowest BCUT2D eigenvalue weighted by Gasteiger charge is -2.28. The predicted octanol–water partition coefficient (Wildman–Crippen LogP) is 10.8. The van der Waals surface area contributed by atoms with Gasteiger partial charge in [0.1, 0.15) is 5.41 Å². The van der Waals surface area contributed by atoms with E-state index < -0.39 is 5.41 Å². The number of nitrogens with zero attached hydrogens (tertiary/aromatic N) is 1. The van der Waals surface area contributed by atoms with Crippen LogP contribution in [0, 0.1) is 11.8 Å². The lowest BCUT2D eigenvalue weighted by Crippen LogP contribution is -2.25. The van der Waals surface area contributed by atoms with Gasteiger partial charge in [-0.05, 0) is 81.4 Å². The van der Waals surface area contributed by atoms with Gasteiger partial charge in [0.05, 0.1) is 11.0 Å². The molecule has 1 heterocycles. The van der Waals surface area contributed by atoms with Crippen LogP contribution in [0.15, 0.2) is 176 Å². The van der Waals surface area contributed by atoms with Gasteiger partial charge in [-0.1, -0.05) is 145 Å². The monoisotopic (exact) mass is 583 g/mol. The number of hydrogen-bond acceptors (Lipinski definition) is 0. The van der Waals surface area contributed by atoms with E-state index in [-0.39, 0.29) is 0 Å². The van der Waals surface area contributed by atoms with Crippen LogP contribution in [0.2, 0.25) is 0 Å². The van der Waals surface area contributed by atoms with Crippen LogP contribution in [-0.4, -0.2) is 4.57 Å². The van der Waals surface area contributed by atoms with Gasteiger partial charge in [0.25, 0.3) is 0 Å². The molecule has 7 aromatic carbocycles. The maximum atomic E-state index is 3.85. The summed E-state index contributed by atoms with van der Waals surface area (Å²) >= 11 is 0. The molecule has 1 heteroatoms. The van der Waals surface area contributed by atoms with Crippen LogP contribution in [0.3, 0.4) is 0 Å². The summed E-state index contributed by atoms with van der Waals surface area (Å²) in [6.07, 6.45) is 0. The van der Waals surface area contributed by atoms with Gasteiger partial charge in [-0.3, -0.25) is 0 Å². The summed E-state index contributed by atoms with van der Waals surface area (Å²) in [7, 11) is 0. The topological polar surface area (TPSA) is 4.93 Å². The highest BCUT2D eigenvalue weighted by Crippen LogP contribution is 2.53. The van der Waals surface area contributed by atoms with Crippen molar-refractivity contribution < 1.29 is 0 Å². The van der Waals surface area contributed by atoms with Crippen LogP contribution in [-0.2, 0) is 5.41 Å². The Hall–Kier alpha value is -6.10. The molecule has 0 bridgehead atoms. The average Bonchev–Trinajstić information content (AvgIpc) is 3.62. The first-order chi connectivity index (χ1) is 22.8. The second-order valence-electron chi connectivity index (χ2n) is 12.0. The first-order valence-corrected chi connectivity index (χ1v) is 15.8. The minimum Gasteiger partial charge on any atom is -0.309 e. The Morgan fingerprint density at radius 3 is 1.91 bits per heavy atom. The number of para-hydroxylation sites is 1. The maximum absolute atomic E-state index is 3.85. The van der Waals surface area contributed by atoms with E-state index in [2.05, 4.69) is 186 Å². The van der Waals surface area contributed by atoms with E-state index >= 15 is 0 Å². The summed E-state index contributed by atoms with van der Waals surface area (Å²) in [5.74, 6) is 7.44. The standard InChI is InChI=1S/C45H29N/c1-4-14-32(15-5-1)28-29-45(35-18-8-3-9-19-35)41-22-12-10-20-37(41)38-26-25-36(31-42(38)45)46-43-23-13-11-21-39(43)40-30-34(24-27-44(40)46)33-16-6-2-7-17-33/h1-27,30-31H. The van der Waals surface area contributed by atoms with Crippen LogP contribution >= 0.6 is 0 Å². The molecule has 1 nitrogen and oxygen atoms in total. The molecule has 0 spiro atoms. The van der Waals surface area contributed by atoms with Crippen molar-refractivity contribution in [3.05, 3.63) is 198 Å². The van der Waals surface area contributed by atoms with E-state index in [0.717, 1.165) is 11.3 Å². The van der Waals surface area contributed by atoms with Crippen molar-refractivity contribution in [2.24, 2.45) is 0 Å². The van der Waals surface area contributed by atoms with Crippen LogP contribution in [0.25, 0.3) is 49.7 Å². The summed E-state index contributed by atoms with van der Waals surface area (Å²) in [6, 6.07) is 63.1. The van der Waals surface area contributed by atoms with Gasteiger partial charge in [-0.15, -0.1) is 0 Å². The van der Waals surface area contributed by atoms with E-state index in [9.17, 15) is 0 Å². The Balaban J connectivity index is 1.32. The Morgan fingerprint density at radius 1 is 0.435 bits per heavy atom. The minimum absolute atomic E-state index is 0.627. The third-order valence-electron chi connectivity index (χ3n) is 9.44. The third-order valence-corrected chi connectivity index (χ3v) is 9.44. The Kier molecular flexibility index (Phi) is 6.01. The highest BCUT2D eigenvalue weighted by Gasteiger charge is 2.44. The number of rotatable bonds is 3. The second kappa shape index (κ2) is 10.5. The van der Waals surface area contributed by atoms with Gasteiger partial charge < -0.3 is 4.57 Å². The molecule has 1 aliphatic rings. The van der Waals surface area contributed by atoms with Crippen molar-refractivity contribution >= 4 is 21.8 Å². The smallest absolute Gasteiger partial charge is 0.108 e. The largest absolute Gasteiger partial charge is 0.309 e. The Bertz CT molecular complexity index is 2460. The fourth-order valence-corrected chi connectivity index (χ4v) is 7.36. The van der Waals surface area contributed by atoms with Gasteiger partial charge >= 0.3 is 0 Å². The number of aromatic nitrogens is 1. The normalized spacial score (nSPS) is 14.9. The van der Waals surface area contributed by atoms with Crippen LogP contribution in [0.1, 0.15) is 22.3 Å². The van der Waals surface area contributed by atoms with Crippen molar-refractivity contribution in [3.8, 4) is 39.8 Å². The third kappa shape index (κ3) is 3.98. The Morgan fingerprint density at radius 2 is 1.09 bits per heavy atom. The molecule has 0 radical (unpaired) electrons. The molecule has 0 saturated carbocycles. The fourth-order valence-electron chi connectivity index (χ4n) is 7.36. The van der Waals surface area contributed by atoms with Crippen molar-refractivity contribution in [3.63, 3.8) is 0 Å². The zero-order valence-corrected chi connectivity index (χ0v) is 25.2. The Labute approximate surface area is 269 Å². The first-order valence-electron chi connectivity index (χ1n) is 15.8. The number of fused-ring (bicyclic) bond motifs is 6. The predicted molar refractivity (Wildman–Crippen MR) is 191 cm³/mol. The van der Waals surface area contributed by atoms with Gasteiger partial charge in [0, 0.05) is 22.0 Å². The summed E-state index contributed by atoms with van der Waals surface area (Å²) in [4.78, 5) is 0. The first kappa shape index (κ1) is 26.3. The zero-order chi connectivity index (χ0) is 30.5. The molecule has 9 rings (SSSR count). The maximum Gasteiger partial charge on any atom is 0.108 e. The summed E-state index contributed by atoms with van der Waals surface area (Å²) < 4.78 is 2.42. The summed E-state index contributed by atoms with van der Waals surface area (Å²) in [6.45, 7) is 0. The summed E-state index contributed by atoms with van der Waals surface area (Å²) in [5, 5.41) is 2.50. The molecule has 214 valence electrons. The van der Waals surface area contributed by atoms with E-state index in [4.69, 9.17) is 0 Å². The molecule has 0 N–H and O–H groups in total. The highest BCUT2D eigenvalue weighted by molar-refractivity contribution is 6.10. The van der Waals surface area contributed by atoms with Gasteiger partial charge in [0.2, 0.25) is 0 Å². The molecule has 0 fully saturated rings. The van der Waals surface area contributed by atoms with Crippen molar-refractivity contribution in [1.29, 1.82) is 0 Å². The molecule has 1 aromatic heterocycles. The van der Waals surface area contributed by atoms with E-state index in [1.54, 1.807) is 0 Å². The highest BCUT2D eigenvalue weighted by atomic mass is 15.0. The molecule has 0 saturated heterocycles. The number of benzene rings is 7. The van der Waals surface area contributed by atoms with E-state index in [0.29, 0.717) is 0 Å². The number of hydrogen-bond donors (Lipinski definition) is 0. The van der Waals surface area contributed by atoms with Crippen molar-refractivity contribution in [2.75, 3.05) is 0 Å². The van der Waals surface area contributed by atoms with Crippen LogP contribution in [0.4, 0.5) is 0 Å². The molecule has 1 atom stereocenters. The van der Waals surface area contributed by atoms with E-state index in [1.807, 2.05) is 6.07 Å². The molecular formula is C45H29N. The fraction of sp³-hybridized carbons (Fsp3) is 0.0222. The summed E-state index contributed by atoms with van der Waals surface area (Å²) in [5.41, 5.74) is 12.4. The van der Waals surface area contributed by atoms with E-state index in [1.165, 1.54) is 60.8 Å². The van der Waals surface area contributed by atoms with Gasteiger partial charge in [-0.25, -0.2) is 0 Å². The minimum atomic E-state index is -0.627. The van der Waals surface area contributed by atoms with Crippen molar-refractivity contribution in [1.82, 2.24) is 4.57 Å². The zero-order valence-electron chi connectivity index (χ0n) is 25.2. The lowest BCUT2D eigenvalue weighted by molar-refractivity contribution is 0.835. The molecule has 1 aliphatic carbocycles. The second-order valence-corrected chi connectivity index (χ2v) is 12.0. The van der Waals surface area contributed by atoms with Gasteiger partial charge in [0.15, 0.2) is 0 Å².